The van der Waals surface area contributed by atoms with Gasteiger partial charge < -0.3 is 5.73 Å². The minimum absolute atomic E-state index is 0.794. The van der Waals surface area contributed by atoms with E-state index in [1.165, 1.54) is 12.0 Å². The van der Waals surface area contributed by atoms with Crippen LogP contribution in [-0.4, -0.2) is 9.38 Å². The molecule has 0 aliphatic carbocycles. The fraction of sp³-hybridized carbons (Fsp3) is 0.417. The van der Waals surface area contributed by atoms with Crippen molar-refractivity contribution < 1.29 is 0 Å². The number of imidazole rings is 1. The second kappa shape index (κ2) is 3.93. The molecule has 0 atom stereocenters. The Labute approximate surface area is 89.9 Å². The fourth-order valence-electron chi connectivity index (χ4n) is 1.80. The lowest BCUT2D eigenvalue weighted by atomic mass is 10.2. The number of fused-ring (bicyclic) bond motifs is 1. The molecule has 0 aliphatic rings. The molecule has 2 aromatic rings. The molecule has 2 aromatic heterocycles. The third kappa shape index (κ3) is 1.69. The van der Waals surface area contributed by atoms with Gasteiger partial charge in [0, 0.05) is 6.20 Å². The SMILES string of the molecule is CCCCc1nc2c(C)cccn2c1N. The van der Waals surface area contributed by atoms with Crippen molar-refractivity contribution in [1.82, 2.24) is 9.38 Å². The number of hydrogen-bond acceptors (Lipinski definition) is 2. The van der Waals surface area contributed by atoms with Crippen molar-refractivity contribution in [2.24, 2.45) is 0 Å². The Kier molecular flexibility index (Phi) is 2.62. The smallest absolute Gasteiger partial charge is 0.141 e. The number of aromatic nitrogens is 2. The van der Waals surface area contributed by atoms with Gasteiger partial charge in [0.05, 0.1) is 5.69 Å². The Bertz CT molecular complexity index is 471. The van der Waals surface area contributed by atoms with Crippen molar-refractivity contribution in [2.75, 3.05) is 5.73 Å². The summed E-state index contributed by atoms with van der Waals surface area (Å²) in [6, 6.07) is 4.06. The van der Waals surface area contributed by atoms with Gasteiger partial charge in [-0.2, -0.15) is 0 Å². The molecule has 0 bridgehead atoms. The predicted octanol–water partition coefficient (Wildman–Crippen LogP) is 2.57. The van der Waals surface area contributed by atoms with Crippen LogP contribution in [0.3, 0.4) is 0 Å². The molecule has 0 saturated carbocycles. The predicted molar refractivity (Wildman–Crippen MR) is 63.0 cm³/mol. The molecular weight excluding hydrogens is 186 g/mol. The Hall–Kier alpha value is -1.51. The van der Waals surface area contributed by atoms with Gasteiger partial charge in [0.25, 0.3) is 0 Å². The van der Waals surface area contributed by atoms with Crippen LogP contribution < -0.4 is 5.73 Å². The van der Waals surface area contributed by atoms with Crippen molar-refractivity contribution >= 4 is 11.5 Å². The second-order valence-corrected chi connectivity index (χ2v) is 3.93. The monoisotopic (exact) mass is 203 g/mol. The molecule has 2 rings (SSSR count). The zero-order valence-corrected chi connectivity index (χ0v) is 9.33. The molecule has 0 spiro atoms. The van der Waals surface area contributed by atoms with E-state index in [9.17, 15) is 0 Å². The van der Waals surface area contributed by atoms with E-state index in [0.29, 0.717) is 0 Å². The molecule has 0 saturated heterocycles. The van der Waals surface area contributed by atoms with Gasteiger partial charge in [0.15, 0.2) is 0 Å². The summed E-state index contributed by atoms with van der Waals surface area (Å²) in [6.07, 6.45) is 5.27. The lowest BCUT2D eigenvalue weighted by molar-refractivity contribution is 0.783. The van der Waals surface area contributed by atoms with Crippen LogP contribution in [0, 0.1) is 6.92 Å². The van der Waals surface area contributed by atoms with Crippen LogP contribution in [-0.2, 0) is 6.42 Å². The minimum atomic E-state index is 0.794. The molecule has 0 unspecified atom stereocenters. The summed E-state index contributed by atoms with van der Waals surface area (Å²) in [4.78, 5) is 4.59. The normalized spacial score (nSPS) is 11.1. The molecule has 80 valence electrons. The van der Waals surface area contributed by atoms with E-state index >= 15 is 0 Å². The number of unbranched alkanes of at least 4 members (excludes halogenated alkanes) is 1. The second-order valence-electron chi connectivity index (χ2n) is 3.93. The van der Waals surface area contributed by atoms with Gasteiger partial charge in [-0.3, -0.25) is 4.40 Å². The number of rotatable bonds is 3. The van der Waals surface area contributed by atoms with Gasteiger partial charge in [-0.05, 0) is 31.4 Å². The molecule has 2 heterocycles. The van der Waals surface area contributed by atoms with Crippen LogP contribution in [0.1, 0.15) is 31.0 Å². The highest BCUT2D eigenvalue weighted by atomic mass is 15.1. The van der Waals surface area contributed by atoms with Crippen LogP contribution in [0.2, 0.25) is 0 Å². The summed E-state index contributed by atoms with van der Waals surface area (Å²) < 4.78 is 1.97. The highest BCUT2D eigenvalue weighted by Gasteiger charge is 2.09. The van der Waals surface area contributed by atoms with E-state index < -0.39 is 0 Å². The number of nitrogens with two attached hydrogens (primary N) is 1. The van der Waals surface area contributed by atoms with Gasteiger partial charge in [-0.25, -0.2) is 4.98 Å². The molecule has 15 heavy (non-hydrogen) atoms. The lowest BCUT2D eigenvalue weighted by Crippen LogP contribution is -1.96. The van der Waals surface area contributed by atoms with Gasteiger partial charge in [-0.1, -0.05) is 19.4 Å². The number of anilines is 1. The summed E-state index contributed by atoms with van der Waals surface area (Å²) in [5, 5.41) is 0. The molecular formula is C12H17N3. The first-order valence-corrected chi connectivity index (χ1v) is 5.46. The van der Waals surface area contributed by atoms with Crippen molar-refractivity contribution in [3.63, 3.8) is 0 Å². The minimum Gasteiger partial charge on any atom is -0.383 e. The Morgan fingerprint density at radius 2 is 2.27 bits per heavy atom. The van der Waals surface area contributed by atoms with Gasteiger partial charge >= 0.3 is 0 Å². The molecule has 0 amide bonds. The fourth-order valence-corrected chi connectivity index (χ4v) is 1.80. The largest absolute Gasteiger partial charge is 0.383 e. The zero-order chi connectivity index (χ0) is 10.8. The third-order valence-electron chi connectivity index (χ3n) is 2.73. The topological polar surface area (TPSA) is 43.3 Å². The number of nitrogens with zero attached hydrogens (tertiary/aromatic N) is 2. The lowest BCUT2D eigenvalue weighted by Gasteiger charge is -1.98. The van der Waals surface area contributed by atoms with E-state index in [4.69, 9.17) is 5.73 Å². The maximum atomic E-state index is 6.05. The van der Waals surface area contributed by atoms with E-state index in [1.807, 2.05) is 16.7 Å². The van der Waals surface area contributed by atoms with E-state index in [2.05, 4.69) is 24.9 Å². The van der Waals surface area contributed by atoms with Crippen molar-refractivity contribution in [3.05, 3.63) is 29.6 Å². The van der Waals surface area contributed by atoms with Gasteiger partial charge in [0.1, 0.15) is 11.5 Å². The average Bonchev–Trinajstić information content (AvgIpc) is 2.55. The average molecular weight is 203 g/mol. The molecule has 0 fully saturated rings. The number of pyridine rings is 1. The standard InChI is InChI=1S/C12H17N3/c1-3-4-7-10-11(13)15-8-5-6-9(2)12(15)14-10/h5-6,8H,3-4,7,13H2,1-2H3. The van der Waals surface area contributed by atoms with E-state index in [0.717, 1.165) is 30.0 Å². The summed E-state index contributed by atoms with van der Waals surface area (Å²) >= 11 is 0. The van der Waals surface area contributed by atoms with Crippen LogP contribution in [0.4, 0.5) is 5.82 Å². The Balaban J connectivity index is 2.49. The maximum Gasteiger partial charge on any atom is 0.141 e. The van der Waals surface area contributed by atoms with Crippen LogP contribution in [0.5, 0.6) is 0 Å². The third-order valence-corrected chi connectivity index (χ3v) is 2.73. The first-order valence-electron chi connectivity index (χ1n) is 5.46. The Morgan fingerprint density at radius 1 is 1.47 bits per heavy atom. The zero-order valence-electron chi connectivity index (χ0n) is 9.33. The summed E-state index contributed by atoms with van der Waals surface area (Å²) in [5.74, 6) is 0.794. The first kappa shape index (κ1) is 10.0. The van der Waals surface area contributed by atoms with E-state index in [-0.39, 0.29) is 0 Å². The molecule has 0 radical (unpaired) electrons. The number of aryl methyl sites for hydroxylation is 2. The van der Waals surface area contributed by atoms with Crippen LogP contribution in [0.25, 0.3) is 5.65 Å². The van der Waals surface area contributed by atoms with Gasteiger partial charge in [-0.15, -0.1) is 0 Å². The van der Waals surface area contributed by atoms with Crippen LogP contribution >= 0.6 is 0 Å². The van der Waals surface area contributed by atoms with Crippen molar-refractivity contribution in [1.29, 1.82) is 0 Å². The highest BCUT2D eigenvalue weighted by molar-refractivity contribution is 5.56. The van der Waals surface area contributed by atoms with Crippen molar-refractivity contribution in [2.45, 2.75) is 33.1 Å². The Morgan fingerprint density at radius 3 is 2.93 bits per heavy atom. The summed E-state index contributed by atoms with van der Waals surface area (Å²) in [5.41, 5.74) is 9.24. The summed E-state index contributed by atoms with van der Waals surface area (Å²) in [6.45, 7) is 4.24. The highest BCUT2D eigenvalue weighted by Crippen LogP contribution is 2.19. The summed E-state index contributed by atoms with van der Waals surface area (Å²) in [7, 11) is 0. The molecule has 3 heteroatoms. The number of hydrogen-bond donors (Lipinski definition) is 1. The van der Waals surface area contributed by atoms with E-state index in [1.54, 1.807) is 0 Å². The molecule has 0 aliphatic heterocycles. The van der Waals surface area contributed by atoms with Crippen LogP contribution in [0.15, 0.2) is 18.3 Å². The first-order chi connectivity index (χ1) is 7.24. The molecule has 3 nitrogen and oxygen atoms in total. The quantitative estimate of drug-likeness (QED) is 0.833. The molecule has 2 N–H and O–H groups in total. The maximum absolute atomic E-state index is 6.05. The molecule has 0 aromatic carbocycles. The van der Waals surface area contributed by atoms with Gasteiger partial charge in [0.2, 0.25) is 0 Å². The number of nitrogen functional groups attached to an aromatic ring is 1. The van der Waals surface area contributed by atoms with Crippen molar-refractivity contribution in [3.8, 4) is 0 Å².